The maximum atomic E-state index is 14.4. The molecule has 45 heavy (non-hydrogen) atoms. The van der Waals surface area contributed by atoms with E-state index in [1.54, 1.807) is 26.0 Å². The highest BCUT2D eigenvalue weighted by molar-refractivity contribution is 6.01. The summed E-state index contributed by atoms with van der Waals surface area (Å²) in [4.78, 5) is 64.3. The van der Waals surface area contributed by atoms with Gasteiger partial charge in [0.05, 0.1) is 0 Å². The lowest BCUT2D eigenvalue weighted by molar-refractivity contribution is -0.174. The van der Waals surface area contributed by atoms with Crippen LogP contribution in [0.2, 0.25) is 0 Å². The van der Waals surface area contributed by atoms with E-state index in [-0.39, 0.29) is 24.8 Å². The van der Waals surface area contributed by atoms with Gasteiger partial charge in [0, 0.05) is 55.6 Å². The van der Waals surface area contributed by atoms with Crippen LogP contribution in [0.15, 0.2) is 59.2 Å². The Kier molecular flexibility index (Phi) is 9.87. The van der Waals surface area contributed by atoms with Crippen molar-refractivity contribution in [2.75, 3.05) is 0 Å². The van der Waals surface area contributed by atoms with Gasteiger partial charge in [-0.05, 0) is 48.6 Å². The number of hydrogen-bond donors (Lipinski definition) is 1. The molecule has 1 aromatic rings. The Morgan fingerprint density at radius 2 is 1.49 bits per heavy atom. The van der Waals surface area contributed by atoms with Gasteiger partial charge in [0.15, 0.2) is 5.78 Å². The summed E-state index contributed by atoms with van der Waals surface area (Å²) >= 11 is 0. The molecule has 10 heteroatoms. The molecule has 1 fully saturated rings. The fourth-order valence-electron chi connectivity index (χ4n) is 7.16. The molecule has 7 atom stereocenters. The lowest BCUT2D eigenvalue weighted by Gasteiger charge is -2.51. The quantitative estimate of drug-likeness (QED) is 0.209. The SMILES string of the molecule is CC(=O)O[C@H]1C[C@H]2[C@@H](OC(C)=O)C=C3C[C@@](C)([C@@H](OC(C)=O)C[C@@H]3OC(=O)C=Cc3ccccc3)[C@H](O)C(=O)C(=C1C)C2(C)C. The predicted octanol–water partition coefficient (Wildman–Crippen LogP) is 4.44. The van der Waals surface area contributed by atoms with Crippen LogP contribution in [-0.4, -0.2) is 65.3 Å². The Morgan fingerprint density at radius 1 is 0.867 bits per heavy atom. The molecule has 242 valence electrons. The molecular formula is C35H42O10. The highest BCUT2D eigenvalue weighted by atomic mass is 16.6. The molecular weight excluding hydrogens is 580 g/mol. The van der Waals surface area contributed by atoms with E-state index in [0.717, 1.165) is 5.56 Å². The first-order valence-electron chi connectivity index (χ1n) is 15.1. The van der Waals surface area contributed by atoms with E-state index < -0.39 is 76.9 Å². The zero-order valence-corrected chi connectivity index (χ0v) is 26.8. The first-order chi connectivity index (χ1) is 21.0. The van der Waals surface area contributed by atoms with E-state index in [0.29, 0.717) is 11.1 Å². The number of Topliss-reactive ketones (excluding diaryl/α,β-unsaturated/α-hetero) is 1. The summed E-state index contributed by atoms with van der Waals surface area (Å²) in [6.45, 7) is 10.8. The molecule has 0 amide bonds. The fourth-order valence-corrected chi connectivity index (χ4v) is 7.16. The minimum Gasteiger partial charge on any atom is -0.462 e. The number of fused-ring (bicyclic) bond motifs is 4. The van der Waals surface area contributed by atoms with Gasteiger partial charge < -0.3 is 24.1 Å². The van der Waals surface area contributed by atoms with Crippen molar-refractivity contribution < 1.29 is 48.0 Å². The van der Waals surface area contributed by atoms with Crippen molar-refractivity contribution in [3.63, 3.8) is 0 Å². The first kappa shape index (κ1) is 33.8. The second-order valence-electron chi connectivity index (χ2n) is 13.0. The van der Waals surface area contributed by atoms with Crippen molar-refractivity contribution in [3.8, 4) is 0 Å². The Balaban J connectivity index is 1.88. The van der Waals surface area contributed by atoms with E-state index in [9.17, 15) is 29.1 Å². The Labute approximate surface area is 263 Å². The van der Waals surface area contributed by atoms with Crippen molar-refractivity contribution in [1.29, 1.82) is 0 Å². The van der Waals surface area contributed by atoms with E-state index in [4.69, 9.17) is 18.9 Å². The molecule has 0 unspecified atom stereocenters. The molecule has 0 heterocycles. The maximum absolute atomic E-state index is 14.4. The molecule has 4 bridgehead atoms. The van der Waals surface area contributed by atoms with Crippen LogP contribution in [0.5, 0.6) is 0 Å². The average molecular weight is 623 g/mol. The van der Waals surface area contributed by atoms with Crippen LogP contribution in [0.3, 0.4) is 0 Å². The fraction of sp³-hybridized carbons (Fsp3) is 0.514. The smallest absolute Gasteiger partial charge is 0.331 e. The van der Waals surface area contributed by atoms with E-state index in [2.05, 4.69) is 0 Å². The Bertz CT molecular complexity index is 1450. The Morgan fingerprint density at radius 3 is 2.09 bits per heavy atom. The minimum atomic E-state index is -1.63. The second-order valence-corrected chi connectivity index (χ2v) is 13.0. The third-order valence-electron chi connectivity index (χ3n) is 9.36. The van der Waals surface area contributed by atoms with Gasteiger partial charge in [0.2, 0.25) is 0 Å². The number of aliphatic hydroxyl groups is 1. The molecule has 4 rings (SSSR count). The molecule has 1 aromatic carbocycles. The van der Waals surface area contributed by atoms with Crippen LogP contribution in [0, 0.1) is 16.7 Å². The number of aliphatic hydroxyl groups excluding tert-OH is 1. The standard InChI is InChI=1S/C35H42O10/c1-19-26(42-20(2)36)16-25-28(43-21(3)37)15-24-18-35(7,33(41)32(40)31(19)34(25,5)6)29(44-22(4)38)17-27(24)45-30(39)14-13-23-11-9-8-10-12-23/h8-15,25-29,33,41H,16-18H2,1-7H3/t25-,26-,27-,28-,29-,33+,35-/m0/s1. The van der Waals surface area contributed by atoms with Crippen molar-refractivity contribution in [3.05, 3.63) is 64.8 Å². The topological polar surface area (TPSA) is 143 Å². The van der Waals surface area contributed by atoms with Crippen LogP contribution in [0.1, 0.15) is 73.3 Å². The summed E-state index contributed by atoms with van der Waals surface area (Å²) in [7, 11) is 0. The lowest BCUT2D eigenvalue weighted by Crippen LogP contribution is -2.57. The van der Waals surface area contributed by atoms with Crippen molar-refractivity contribution >= 4 is 35.7 Å². The van der Waals surface area contributed by atoms with Crippen LogP contribution < -0.4 is 0 Å². The lowest BCUT2D eigenvalue weighted by atomic mass is 9.57. The summed E-state index contributed by atoms with van der Waals surface area (Å²) < 4.78 is 23.1. The van der Waals surface area contributed by atoms with Gasteiger partial charge >= 0.3 is 23.9 Å². The zero-order valence-electron chi connectivity index (χ0n) is 26.8. The van der Waals surface area contributed by atoms with E-state index in [1.165, 1.54) is 26.8 Å². The minimum absolute atomic E-state index is 0.00279. The van der Waals surface area contributed by atoms with Gasteiger partial charge in [0.25, 0.3) is 0 Å². The van der Waals surface area contributed by atoms with Gasteiger partial charge in [-0.3, -0.25) is 19.2 Å². The number of ketones is 1. The third-order valence-corrected chi connectivity index (χ3v) is 9.36. The van der Waals surface area contributed by atoms with E-state index >= 15 is 0 Å². The summed E-state index contributed by atoms with van der Waals surface area (Å²) in [6.07, 6.45) is -0.458. The first-order valence-corrected chi connectivity index (χ1v) is 15.1. The number of rotatable bonds is 6. The molecule has 3 aliphatic carbocycles. The van der Waals surface area contributed by atoms with Crippen LogP contribution in [0.4, 0.5) is 0 Å². The molecule has 0 radical (unpaired) electrons. The molecule has 0 saturated heterocycles. The maximum Gasteiger partial charge on any atom is 0.331 e. The van der Waals surface area contributed by atoms with Gasteiger partial charge in [-0.15, -0.1) is 0 Å². The van der Waals surface area contributed by atoms with Crippen LogP contribution in [-0.2, 0) is 42.9 Å². The second kappa shape index (κ2) is 13.1. The Hall–Kier alpha value is -4.05. The number of hydrogen-bond acceptors (Lipinski definition) is 10. The van der Waals surface area contributed by atoms with Gasteiger partial charge in [-0.25, -0.2) is 4.79 Å². The number of carbonyl (C=O) groups excluding carboxylic acids is 5. The number of ether oxygens (including phenoxy) is 4. The molecule has 1 saturated carbocycles. The largest absolute Gasteiger partial charge is 0.462 e. The predicted molar refractivity (Wildman–Crippen MR) is 163 cm³/mol. The monoisotopic (exact) mass is 622 g/mol. The number of benzene rings is 1. The molecule has 10 nitrogen and oxygen atoms in total. The molecule has 0 aliphatic heterocycles. The highest BCUT2D eigenvalue weighted by Crippen LogP contribution is 2.53. The van der Waals surface area contributed by atoms with Crippen LogP contribution in [0.25, 0.3) is 6.08 Å². The van der Waals surface area contributed by atoms with Crippen LogP contribution >= 0.6 is 0 Å². The van der Waals surface area contributed by atoms with Crippen molar-refractivity contribution in [2.45, 2.75) is 98.2 Å². The molecule has 3 aliphatic rings. The third kappa shape index (κ3) is 7.11. The summed E-state index contributed by atoms with van der Waals surface area (Å²) in [5, 5.41) is 11.9. The summed E-state index contributed by atoms with van der Waals surface area (Å²) in [5.74, 6) is -3.54. The normalized spacial score (nSPS) is 31.0. The number of carbonyl (C=O) groups is 5. The van der Waals surface area contributed by atoms with Crippen molar-refractivity contribution in [2.24, 2.45) is 16.7 Å². The molecule has 0 aromatic heterocycles. The average Bonchev–Trinajstić information content (AvgIpc) is 2.94. The number of esters is 4. The van der Waals surface area contributed by atoms with Gasteiger partial charge in [0.1, 0.15) is 30.5 Å². The van der Waals surface area contributed by atoms with E-state index in [1.807, 2.05) is 44.2 Å². The van der Waals surface area contributed by atoms with Gasteiger partial charge in [-0.1, -0.05) is 51.1 Å². The summed E-state index contributed by atoms with van der Waals surface area (Å²) in [6, 6.07) is 9.20. The molecule has 1 N–H and O–H groups in total. The van der Waals surface area contributed by atoms with Crippen molar-refractivity contribution in [1.82, 2.24) is 0 Å². The van der Waals surface area contributed by atoms with Gasteiger partial charge in [-0.2, -0.15) is 0 Å². The molecule has 0 spiro atoms. The highest BCUT2D eigenvalue weighted by Gasteiger charge is 2.57. The zero-order chi connectivity index (χ0) is 33.3. The summed E-state index contributed by atoms with van der Waals surface area (Å²) in [5.41, 5.74) is -0.229.